The van der Waals surface area contributed by atoms with E-state index in [1.54, 1.807) is 31.6 Å². The molecule has 4 aromatic carbocycles. The maximum absolute atomic E-state index is 10.0. The molecular weight excluding hydrogens is 1110 g/mol. The van der Waals surface area contributed by atoms with Gasteiger partial charge in [-0.25, -0.2) is 19.9 Å². The van der Waals surface area contributed by atoms with Gasteiger partial charge in [0.1, 0.15) is 61.2 Å². The van der Waals surface area contributed by atoms with Gasteiger partial charge in [0.15, 0.2) is 23.0 Å². The van der Waals surface area contributed by atoms with Crippen LogP contribution in [0.1, 0.15) is 71.6 Å². The van der Waals surface area contributed by atoms with E-state index in [0.717, 1.165) is 88.0 Å². The topological polar surface area (TPSA) is 178 Å². The van der Waals surface area contributed by atoms with Gasteiger partial charge in [-0.05, 0) is 98.5 Å². The highest BCUT2D eigenvalue weighted by Gasteiger charge is 2.23. The van der Waals surface area contributed by atoms with Gasteiger partial charge in [0.25, 0.3) is 0 Å². The molecule has 2 saturated carbocycles. The molecule has 16 nitrogen and oxygen atoms in total. The van der Waals surface area contributed by atoms with Gasteiger partial charge in [-0.2, -0.15) is 9.97 Å². The Bertz CT molecular complexity index is 3130. The first-order valence-corrected chi connectivity index (χ1v) is 26.7. The van der Waals surface area contributed by atoms with Crippen LogP contribution in [0.5, 0.6) is 34.5 Å². The third kappa shape index (κ3) is 11.9. The number of nitrogens with zero attached hydrogens (tertiary/aromatic N) is 8. The van der Waals surface area contributed by atoms with E-state index in [4.69, 9.17) is 43.6 Å². The highest BCUT2D eigenvalue weighted by atomic mass is 79.9. The summed E-state index contributed by atoms with van der Waals surface area (Å²) in [6, 6.07) is 27.4. The Hall–Kier alpha value is -6.12. The first-order chi connectivity index (χ1) is 34.8. The third-order valence-electron chi connectivity index (χ3n) is 12.7. The van der Waals surface area contributed by atoms with Crippen molar-refractivity contribution in [2.24, 2.45) is 0 Å². The summed E-state index contributed by atoms with van der Waals surface area (Å²) in [6.45, 7) is 2.15. The Kier molecular flexibility index (Phi) is 16.7. The van der Waals surface area contributed by atoms with E-state index in [1.807, 2.05) is 77.4 Å². The summed E-state index contributed by atoms with van der Waals surface area (Å²) >= 11 is 9.31. The maximum Gasteiger partial charge on any atom is 0.369 e. The molecule has 72 heavy (non-hydrogen) atoms. The van der Waals surface area contributed by atoms with Crippen LogP contribution in [-0.2, 0) is 0 Å². The number of phenols is 1. The van der Waals surface area contributed by atoms with E-state index < -0.39 is 0 Å². The molecule has 0 saturated heterocycles. The molecule has 2 aliphatic heterocycles. The van der Waals surface area contributed by atoms with Gasteiger partial charge >= 0.3 is 3.18 Å². The van der Waals surface area contributed by atoms with Crippen LogP contribution in [0, 0.1) is 0 Å². The van der Waals surface area contributed by atoms with Crippen LogP contribution in [0.2, 0.25) is 0 Å². The van der Waals surface area contributed by atoms with E-state index in [1.165, 1.54) is 38.5 Å². The first kappa shape index (κ1) is 50.8. The van der Waals surface area contributed by atoms with E-state index in [-0.39, 0.29) is 16.4 Å². The minimum atomic E-state index is 0. The zero-order valence-electron chi connectivity index (χ0n) is 39.1. The number of rotatable bonds is 9. The molecule has 6 heterocycles. The zero-order valence-corrected chi connectivity index (χ0v) is 43.8. The average Bonchev–Trinajstić information content (AvgIpc) is 3.98. The van der Waals surface area contributed by atoms with Crippen molar-refractivity contribution in [3.8, 4) is 68.9 Å². The van der Waals surface area contributed by atoms with Gasteiger partial charge in [-0.1, -0.05) is 46.0 Å². The van der Waals surface area contributed by atoms with Crippen LogP contribution < -0.4 is 34.3 Å². The quantitative estimate of drug-likeness (QED) is 0.116. The van der Waals surface area contributed by atoms with Crippen molar-refractivity contribution >= 4 is 84.4 Å². The largest absolute Gasteiger partial charge is 0.508 e. The molecule has 0 atom stereocenters. The van der Waals surface area contributed by atoms with Crippen molar-refractivity contribution in [2.45, 2.75) is 83.7 Å². The number of fused-ring (bicyclic) bond motifs is 4. The molecule has 2 fully saturated rings. The Morgan fingerprint density at radius 1 is 0.556 bits per heavy atom. The van der Waals surface area contributed by atoms with Crippen molar-refractivity contribution in [1.29, 1.82) is 0 Å². The minimum Gasteiger partial charge on any atom is -0.508 e. The van der Waals surface area contributed by atoms with Crippen LogP contribution in [0.15, 0.2) is 97.3 Å². The molecule has 20 heteroatoms. The zero-order chi connectivity index (χ0) is 48.7. The lowest BCUT2D eigenvalue weighted by molar-refractivity contribution is 0.171. The number of anilines is 2. The molecule has 3 N–H and O–H groups in total. The molecular formula is C52H56BBr3N10O6. The van der Waals surface area contributed by atoms with Crippen LogP contribution in [0.3, 0.4) is 0 Å². The SMILES string of the molecule is BrB(Br)Br.C.COc1ccc2c(c1)nc(-c1ccc3c(c1)OCCO3)n2-c1ccnc(NC2CCCCC2)n1.Oc1ccc2c(c1)nc(-c1ccc3c(c1)OCCO3)n2-c1ccnc(NC2CCCCC2)n1. The lowest BCUT2D eigenvalue weighted by atomic mass is 9.96. The Labute approximate surface area is 443 Å². The number of methoxy groups -OCH3 is 1. The highest BCUT2D eigenvalue weighted by molar-refractivity contribution is 9.69. The summed E-state index contributed by atoms with van der Waals surface area (Å²) in [6.07, 6.45) is 15.8. The highest BCUT2D eigenvalue weighted by Crippen LogP contribution is 2.39. The number of imidazole rings is 2. The minimum absolute atomic E-state index is 0. The monoisotopic (exact) mass is 1160 g/mol. The fourth-order valence-corrected chi connectivity index (χ4v) is 9.42. The second-order valence-corrected chi connectivity index (χ2v) is 23.9. The van der Waals surface area contributed by atoms with Gasteiger partial charge in [-0.3, -0.25) is 9.13 Å². The number of nitrogens with one attached hydrogen (secondary N) is 2. The molecule has 2 aliphatic carbocycles. The smallest absolute Gasteiger partial charge is 0.369 e. The average molecular weight is 1170 g/mol. The molecule has 12 rings (SSSR count). The van der Waals surface area contributed by atoms with E-state index >= 15 is 0 Å². The van der Waals surface area contributed by atoms with Gasteiger partial charge in [0.2, 0.25) is 11.9 Å². The number of ether oxygens (including phenoxy) is 5. The normalized spacial score (nSPS) is 15.3. The molecule has 0 bridgehead atoms. The molecule has 0 amide bonds. The van der Waals surface area contributed by atoms with Gasteiger partial charge in [0, 0.05) is 47.7 Å². The number of benzene rings is 4. The van der Waals surface area contributed by atoms with Crippen LogP contribution in [0.25, 0.3) is 56.5 Å². The fraction of sp³-hybridized carbons (Fsp3) is 0.346. The number of hydrogen-bond donors (Lipinski definition) is 3. The Morgan fingerprint density at radius 2 is 1.00 bits per heavy atom. The predicted molar refractivity (Wildman–Crippen MR) is 295 cm³/mol. The molecule has 374 valence electrons. The van der Waals surface area contributed by atoms with Gasteiger partial charge in [-0.15, -0.1) is 47.3 Å². The predicted octanol–water partition coefficient (Wildman–Crippen LogP) is 12.5. The van der Waals surface area contributed by atoms with Crippen LogP contribution in [0.4, 0.5) is 11.9 Å². The van der Waals surface area contributed by atoms with Gasteiger partial charge in [0.05, 0.1) is 29.2 Å². The fourth-order valence-electron chi connectivity index (χ4n) is 9.42. The third-order valence-corrected chi connectivity index (χ3v) is 12.7. The van der Waals surface area contributed by atoms with Crippen molar-refractivity contribution in [3.05, 3.63) is 97.3 Å². The first-order valence-electron chi connectivity index (χ1n) is 24.0. The molecule has 0 radical (unpaired) electrons. The summed E-state index contributed by atoms with van der Waals surface area (Å²) in [4.78, 5) is 28.5. The summed E-state index contributed by atoms with van der Waals surface area (Å²) in [5.74, 6) is 8.03. The number of aromatic nitrogens is 8. The summed E-state index contributed by atoms with van der Waals surface area (Å²) in [5, 5.41) is 17.1. The number of aromatic hydroxyl groups is 1. The molecule has 0 unspecified atom stereocenters. The second-order valence-electron chi connectivity index (χ2n) is 17.5. The maximum atomic E-state index is 10.0. The number of phenolic OH excluding ortho intramolecular Hbond substituents is 1. The number of hydrogen-bond acceptors (Lipinski definition) is 14. The molecule has 4 aliphatic rings. The lowest BCUT2D eigenvalue weighted by Crippen LogP contribution is -2.23. The second kappa shape index (κ2) is 23.6. The Balaban J connectivity index is 0.000000164. The Morgan fingerprint density at radius 3 is 1.47 bits per heavy atom. The van der Waals surface area contributed by atoms with Crippen molar-refractivity contribution in [3.63, 3.8) is 0 Å². The standard InChI is InChI=1S/C26H27N5O3.C25H25N5O3.CH4.BBr3/c1-32-19-8-9-21-20(16-19)29-25(17-7-10-22-23(15-17)34-14-13-33-22)31(21)24-11-12-27-26(30-24)28-18-5-3-2-4-6-18;31-18-7-8-20-19(15-18)28-24(16-6-9-21-22(14-16)33-13-12-32-21)30(20)23-10-11-26-25(29-23)27-17-4-2-1-3-5-17;;2-1(3)4/h7-12,15-16,18H,2-6,13-14H2,1H3,(H,27,28,30);6-11,14-15,17,31H,1-5,12-13H2,(H,26,27,29);1H4;. The summed E-state index contributed by atoms with van der Waals surface area (Å²) < 4.78 is 32.8. The van der Waals surface area contributed by atoms with Crippen molar-refractivity contribution in [2.75, 3.05) is 44.2 Å². The molecule has 8 aromatic rings. The van der Waals surface area contributed by atoms with Crippen molar-refractivity contribution < 1.29 is 28.8 Å². The van der Waals surface area contributed by atoms with Crippen LogP contribution in [-0.4, -0.2) is 93.0 Å². The summed E-state index contributed by atoms with van der Waals surface area (Å²) in [7, 11) is 1.66. The summed E-state index contributed by atoms with van der Waals surface area (Å²) in [5.41, 5.74) is 5.08. The van der Waals surface area contributed by atoms with Crippen LogP contribution >= 0.6 is 47.3 Å². The van der Waals surface area contributed by atoms with E-state index in [2.05, 4.69) is 72.4 Å². The lowest BCUT2D eigenvalue weighted by Gasteiger charge is -2.23. The van der Waals surface area contributed by atoms with Gasteiger partial charge < -0.3 is 39.4 Å². The number of halogens is 3. The van der Waals surface area contributed by atoms with E-state index in [0.29, 0.717) is 73.3 Å². The molecule has 0 spiro atoms. The van der Waals surface area contributed by atoms with Crippen molar-refractivity contribution in [1.82, 2.24) is 39.0 Å². The van der Waals surface area contributed by atoms with E-state index in [9.17, 15) is 5.11 Å². The molecule has 4 aromatic heterocycles.